The van der Waals surface area contributed by atoms with Crippen LogP contribution in [0.1, 0.15) is 37.8 Å². The highest BCUT2D eigenvalue weighted by Gasteiger charge is 2.10. The van der Waals surface area contributed by atoms with Gasteiger partial charge >= 0.3 is 0 Å². The van der Waals surface area contributed by atoms with Crippen molar-refractivity contribution in [3.8, 4) is 0 Å². The van der Waals surface area contributed by atoms with Crippen LogP contribution in [0.4, 0.5) is 10.5 Å². The summed E-state index contributed by atoms with van der Waals surface area (Å²) < 4.78 is 0. The Morgan fingerprint density at radius 3 is 2.67 bits per heavy atom. The van der Waals surface area contributed by atoms with Gasteiger partial charge in [-0.05, 0) is 24.0 Å². The lowest BCUT2D eigenvalue weighted by atomic mass is 10.1. The van der Waals surface area contributed by atoms with Crippen molar-refractivity contribution in [1.29, 1.82) is 0 Å². The van der Waals surface area contributed by atoms with E-state index in [0.29, 0.717) is 6.54 Å². The number of carbonyl (C=O) groups excluding carboxylic acids is 1. The Labute approximate surface area is 114 Å². The average molecular weight is 266 g/mol. The molecule has 0 fully saturated rings. The Morgan fingerprint density at radius 2 is 2.06 bits per heavy atom. The molecule has 0 aliphatic heterocycles. The molecule has 0 spiro atoms. The lowest BCUT2D eigenvalue weighted by molar-refractivity contribution is 0.269. The molecule has 0 aromatic heterocycles. The molecule has 0 aliphatic rings. The molecule has 3 N–H and O–H groups in total. The second-order valence-corrected chi connectivity index (χ2v) is 5.19. The molecule has 0 aliphatic carbocycles. The van der Waals surface area contributed by atoms with Gasteiger partial charge in [0.15, 0.2) is 0 Å². The molecule has 0 saturated carbocycles. The van der Waals surface area contributed by atoms with Crippen LogP contribution in [0.5, 0.6) is 0 Å². The summed E-state index contributed by atoms with van der Waals surface area (Å²) in [4.78, 5) is 11.8. The summed E-state index contributed by atoms with van der Waals surface area (Å²) in [7, 11) is 0. The van der Waals surface area contributed by atoms with E-state index in [4.69, 9.17) is 5.73 Å². The van der Waals surface area contributed by atoms with Gasteiger partial charge in [0.25, 0.3) is 5.24 Å². The zero-order valence-corrected chi connectivity index (χ0v) is 12.0. The van der Waals surface area contributed by atoms with E-state index in [-0.39, 0.29) is 5.24 Å². The van der Waals surface area contributed by atoms with Crippen molar-refractivity contribution in [2.75, 3.05) is 11.1 Å². The van der Waals surface area contributed by atoms with Gasteiger partial charge in [0.05, 0.1) is 0 Å². The molecule has 0 radical (unpaired) electrons. The number of rotatable bonds is 6. The molecule has 0 atom stereocenters. The highest BCUT2D eigenvalue weighted by Crippen LogP contribution is 2.23. The van der Waals surface area contributed by atoms with Crippen LogP contribution in [0.25, 0.3) is 0 Å². The van der Waals surface area contributed by atoms with E-state index >= 15 is 0 Å². The van der Waals surface area contributed by atoms with E-state index in [0.717, 1.165) is 41.8 Å². The van der Waals surface area contributed by atoms with Gasteiger partial charge < -0.3 is 11.1 Å². The zero-order chi connectivity index (χ0) is 13.4. The van der Waals surface area contributed by atoms with Gasteiger partial charge in [-0.3, -0.25) is 4.79 Å². The molecule has 1 rings (SSSR count). The van der Waals surface area contributed by atoms with E-state index in [9.17, 15) is 4.79 Å². The van der Waals surface area contributed by atoms with E-state index in [1.54, 1.807) is 0 Å². The molecule has 3 nitrogen and oxygen atoms in total. The van der Waals surface area contributed by atoms with E-state index in [1.165, 1.54) is 11.8 Å². The highest BCUT2D eigenvalue weighted by molar-refractivity contribution is 8.13. The number of hydrogen-bond acceptors (Lipinski definition) is 3. The molecule has 1 amide bonds. The van der Waals surface area contributed by atoms with Gasteiger partial charge in [-0.15, -0.1) is 0 Å². The maximum absolute atomic E-state index is 11.8. The monoisotopic (exact) mass is 266 g/mol. The van der Waals surface area contributed by atoms with Crippen LogP contribution >= 0.6 is 11.8 Å². The summed E-state index contributed by atoms with van der Waals surface area (Å²) in [6.45, 7) is 4.65. The normalized spacial score (nSPS) is 10.4. The molecule has 0 saturated heterocycles. The Bertz CT molecular complexity index is 371. The van der Waals surface area contributed by atoms with Crippen molar-refractivity contribution in [1.82, 2.24) is 0 Å². The van der Waals surface area contributed by atoms with Crippen molar-refractivity contribution in [3.63, 3.8) is 0 Å². The van der Waals surface area contributed by atoms with Crippen LogP contribution in [0, 0.1) is 0 Å². The zero-order valence-electron chi connectivity index (χ0n) is 11.2. The summed E-state index contributed by atoms with van der Waals surface area (Å²) in [5.41, 5.74) is 8.75. The first-order valence-corrected chi connectivity index (χ1v) is 7.46. The van der Waals surface area contributed by atoms with Crippen LogP contribution in [-0.4, -0.2) is 11.0 Å². The number of thioether (sulfide) groups is 1. The van der Waals surface area contributed by atoms with Gasteiger partial charge in [-0.25, -0.2) is 0 Å². The SMILES string of the molecule is CCCCSC(=O)Nc1c(CC)cccc1CN. The quantitative estimate of drug-likeness (QED) is 0.771. The summed E-state index contributed by atoms with van der Waals surface area (Å²) in [5, 5.41) is 3.00. The summed E-state index contributed by atoms with van der Waals surface area (Å²) in [6.07, 6.45) is 3.07. The number of carbonyl (C=O) groups is 1. The molecular formula is C14H22N2OS. The maximum atomic E-state index is 11.8. The summed E-state index contributed by atoms with van der Waals surface area (Å²) in [5.74, 6) is 0.870. The topological polar surface area (TPSA) is 55.1 Å². The Hall–Kier alpha value is -1.00. The largest absolute Gasteiger partial charge is 0.326 e. The molecular weight excluding hydrogens is 244 g/mol. The van der Waals surface area contributed by atoms with E-state index in [2.05, 4.69) is 19.2 Å². The molecule has 1 aromatic carbocycles. The Morgan fingerprint density at radius 1 is 1.33 bits per heavy atom. The first-order chi connectivity index (χ1) is 8.72. The number of nitrogens with one attached hydrogen (secondary N) is 1. The third-order valence-corrected chi connectivity index (χ3v) is 3.65. The standard InChI is InChI=1S/C14H22N2OS/c1-3-5-9-18-14(17)16-13-11(4-2)7-6-8-12(13)10-15/h6-8H,3-5,9-10,15H2,1-2H3,(H,16,17). The van der Waals surface area contributed by atoms with Crippen molar-refractivity contribution in [2.24, 2.45) is 5.73 Å². The van der Waals surface area contributed by atoms with Gasteiger partial charge in [-0.1, -0.05) is 50.2 Å². The number of hydrogen-bond donors (Lipinski definition) is 2. The first kappa shape index (κ1) is 15.1. The molecule has 18 heavy (non-hydrogen) atoms. The smallest absolute Gasteiger partial charge is 0.283 e. The number of benzene rings is 1. The average Bonchev–Trinajstić information content (AvgIpc) is 2.39. The van der Waals surface area contributed by atoms with E-state index < -0.39 is 0 Å². The van der Waals surface area contributed by atoms with Crippen molar-refractivity contribution in [2.45, 2.75) is 39.7 Å². The van der Waals surface area contributed by atoms with Crippen LogP contribution in [0.2, 0.25) is 0 Å². The minimum atomic E-state index is 0.0130. The molecule has 100 valence electrons. The van der Waals surface area contributed by atoms with Crippen LogP contribution in [0.15, 0.2) is 18.2 Å². The second-order valence-electron chi connectivity index (χ2n) is 4.12. The number of nitrogens with two attached hydrogens (primary N) is 1. The van der Waals surface area contributed by atoms with Gasteiger partial charge in [0.2, 0.25) is 0 Å². The predicted molar refractivity (Wildman–Crippen MR) is 80.1 cm³/mol. The molecule has 0 unspecified atom stereocenters. The molecule has 1 aromatic rings. The minimum absolute atomic E-state index is 0.0130. The molecule has 0 bridgehead atoms. The lowest BCUT2D eigenvalue weighted by Gasteiger charge is -2.13. The number of amides is 1. The highest BCUT2D eigenvalue weighted by atomic mass is 32.2. The van der Waals surface area contributed by atoms with Crippen LogP contribution in [-0.2, 0) is 13.0 Å². The second kappa shape index (κ2) is 8.16. The Kier molecular flexibility index (Phi) is 6.83. The third-order valence-electron chi connectivity index (χ3n) is 2.80. The minimum Gasteiger partial charge on any atom is -0.326 e. The van der Waals surface area contributed by atoms with E-state index in [1.807, 2.05) is 18.2 Å². The maximum Gasteiger partial charge on any atom is 0.283 e. The fourth-order valence-electron chi connectivity index (χ4n) is 1.73. The third kappa shape index (κ3) is 4.35. The number of aryl methyl sites for hydroxylation is 1. The van der Waals surface area contributed by atoms with Crippen molar-refractivity contribution < 1.29 is 4.79 Å². The number of unbranched alkanes of at least 4 members (excludes halogenated alkanes) is 1. The van der Waals surface area contributed by atoms with Gasteiger partial charge in [0.1, 0.15) is 0 Å². The summed E-state index contributed by atoms with van der Waals surface area (Å²) in [6, 6.07) is 5.98. The lowest BCUT2D eigenvalue weighted by Crippen LogP contribution is -2.12. The summed E-state index contributed by atoms with van der Waals surface area (Å²) >= 11 is 1.34. The fourth-order valence-corrected chi connectivity index (χ4v) is 2.52. The first-order valence-electron chi connectivity index (χ1n) is 6.47. The Balaban J connectivity index is 2.72. The van der Waals surface area contributed by atoms with Crippen LogP contribution < -0.4 is 11.1 Å². The molecule has 0 heterocycles. The van der Waals surface area contributed by atoms with Crippen molar-refractivity contribution >= 4 is 22.7 Å². The van der Waals surface area contributed by atoms with Gasteiger partial charge in [-0.2, -0.15) is 0 Å². The van der Waals surface area contributed by atoms with Gasteiger partial charge in [0, 0.05) is 18.0 Å². The number of para-hydroxylation sites is 1. The molecule has 4 heteroatoms. The van der Waals surface area contributed by atoms with Crippen LogP contribution in [0.3, 0.4) is 0 Å². The fraction of sp³-hybridized carbons (Fsp3) is 0.500. The number of anilines is 1. The van der Waals surface area contributed by atoms with Crippen molar-refractivity contribution in [3.05, 3.63) is 29.3 Å². The predicted octanol–water partition coefficient (Wildman–Crippen LogP) is 3.77.